The van der Waals surface area contributed by atoms with Gasteiger partial charge in [-0.2, -0.15) is 9.37 Å². The van der Waals surface area contributed by atoms with Crippen LogP contribution in [0, 0.1) is 23.7 Å². The van der Waals surface area contributed by atoms with Crippen molar-refractivity contribution >= 4 is 23.5 Å². The van der Waals surface area contributed by atoms with Crippen LogP contribution in [0.3, 0.4) is 0 Å². The first-order valence-electron chi connectivity index (χ1n) is 10.7. The molecule has 8 nitrogen and oxygen atoms in total. The molecule has 170 valence electrons. The van der Waals surface area contributed by atoms with E-state index in [0.717, 1.165) is 25.8 Å². The van der Waals surface area contributed by atoms with Gasteiger partial charge in [0.15, 0.2) is 0 Å². The van der Waals surface area contributed by atoms with Crippen molar-refractivity contribution in [3.05, 3.63) is 36.0 Å². The van der Waals surface area contributed by atoms with Crippen molar-refractivity contribution in [2.45, 2.75) is 58.6 Å². The Kier molecular flexibility index (Phi) is 7.46. The molecule has 1 aliphatic carbocycles. The maximum absolute atomic E-state index is 13.3. The Balaban J connectivity index is 1.62. The number of nitrogens with one attached hydrogen (secondary N) is 3. The molecule has 0 spiro atoms. The quantitative estimate of drug-likeness (QED) is 0.456. The molecule has 1 fully saturated rings. The molecule has 32 heavy (non-hydrogen) atoms. The normalized spacial score (nSPS) is 17.4. The molecule has 0 saturated heterocycles. The average Bonchev–Trinajstić information content (AvgIpc) is 2.67. The first-order valence-corrected chi connectivity index (χ1v) is 10.7. The summed E-state index contributed by atoms with van der Waals surface area (Å²) in [6.07, 6.45) is 5.10. The van der Waals surface area contributed by atoms with E-state index in [4.69, 9.17) is 4.74 Å². The van der Waals surface area contributed by atoms with Gasteiger partial charge in [-0.05, 0) is 46.1 Å². The average molecular weight is 441 g/mol. The van der Waals surface area contributed by atoms with Crippen LogP contribution in [-0.4, -0.2) is 39.2 Å². The lowest BCUT2D eigenvalue weighted by Gasteiger charge is -2.33. The molecule has 2 heterocycles. The number of alkyl carbamates (subject to hydrolysis) is 1. The molecule has 1 saturated carbocycles. The summed E-state index contributed by atoms with van der Waals surface area (Å²) in [7, 11) is 0. The molecule has 2 aromatic rings. The molecule has 0 aromatic carbocycles. The molecular formula is C23H29FN6O2. The molecule has 0 aliphatic heterocycles. The van der Waals surface area contributed by atoms with Crippen LogP contribution < -0.4 is 16.0 Å². The summed E-state index contributed by atoms with van der Waals surface area (Å²) in [6.45, 7) is 8.31. The predicted molar refractivity (Wildman–Crippen MR) is 121 cm³/mol. The van der Waals surface area contributed by atoms with Crippen LogP contribution in [-0.2, 0) is 4.74 Å². The van der Waals surface area contributed by atoms with E-state index in [-0.39, 0.29) is 12.0 Å². The number of nitrogens with zero attached hydrogens (tertiary/aromatic N) is 3. The molecule has 0 unspecified atom stereocenters. The molecule has 9 heteroatoms. The standard InChI is InChI=1S/C23H29FN6O2/c1-5-9-26-20-16(14-27-21(30-20)28-17-8-10-25-19(24)13-17)7-6-15-11-18(12-15)29-22(31)32-23(2,3)4/h8,10,13-15,18H,5,9,11-12H2,1-4H3,(H,29,31)(H2,25,26,27,28,30). The van der Waals surface area contributed by atoms with Crippen molar-refractivity contribution in [1.29, 1.82) is 0 Å². The van der Waals surface area contributed by atoms with Crippen molar-refractivity contribution in [2.75, 3.05) is 17.2 Å². The summed E-state index contributed by atoms with van der Waals surface area (Å²) < 4.78 is 18.6. The number of hydrogen-bond acceptors (Lipinski definition) is 7. The molecule has 2 aromatic heterocycles. The molecule has 1 aliphatic rings. The lowest BCUT2D eigenvalue weighted by molar-refractivity contribution is 0.0467. The van der Waals surface area contributed by atoms with Crippen LogP contribution in [0.4, 0.5) is 26.6 Å². The Morgan fingerprint density at radius 3 is 2.78 bits per heavy atom. The lowest BCUT2D eigenvalue weighted by atomic mass is 9.81. The minimum absolute atomic E-state index is 0.0745. The largest absolute Gasteiger partial charge is 0.444 e. The zero-order chi connectivity index (χ0) is 23.1. The molecular weight excluding hydrogens is 411 g/mol. The summed E-state index contributed by atoms with van der Waals surface area (Å²) >= 11 is 0. The molecule has 3 N–H and O–H groups in total. The fraction of sp³-hybridized carbons (Fsp3) is 0.478. The van der Waals surface area contributed by atoms with E-state index in [2.05, 4.69) is 49.7 Å². The Morgan fingerprint density at radius 1 is 1.31 bits per heavy atom. The van der Waals surface area contributed by atoms with E-state index < -0.39 is 17.6 Å². The zero-order valence-electron chi connectivity index (χ0n) is 18.8. The Bertz CT molecular complexity index is 1010. The van der Waals surface area contributed by atoms with Gasteiger partial charge in [-0.15, -0.1) is 0 Å². The van der Waals surface area contributed by atoms with E-state index in [1.54, 1.807) is 12.3 Å². The zero-order valence-corrected chi connectivity index (χ0v) is 18.8. The lowest BCUT2D eigenvalue weighted by Crippen LogP contribution is -2.45. The summed E-state index contributed by atoms with van der Waals surface area (Å²) in [5, 5.41) is 9.11. The second-order valence-corrected chi connectivity index (χ2v) is 8.66. The Morgan fingerprint density at radius 2 is 2.09 bits per heavy atom. The van der Waals surface area contributed by atoms with Crippen molar-refractivity contribution in [1.82, 2.24) is 20.3 Å². The molecule has 0 atom stereocenters. The van der Waals surface area contributed by atoms with Gasteiger partial charge in [0, 0.05) is 36.5 Å². The number of carbonyl (C=O) groups excluding carboxylic acids is 1. The van der Waals surface area contributed by atoms with E-state index >= 15 is 0 Å². The third-order valence-electron chi connectivity index (χ3n) is 4.58. The Labute approximate surface area is 187 Å². The first-order chi connectivity index (χ1) is 15.2. The second kappa shape index (κ2) is 10.3. The summed E-state index contributed by atoms with van der Waals surface area (Å²) in [5.41, 5.74) is 0.686. The van der Waals surface area contributed by atoms with Gasteiger partial charge in [-0.25, -0.2) is 14.8 Å². The highest BCUT2D eigenvalue weighted by Crippen LogP contribution is 2.27. The van der Waals surface area contributed by atoms with Crippen LogP contribution in [0.1, 0.15) is 52.5 Å². The first kappa shape index (κ1) is 23.3. The number of pyridine rings is 1. The van der Waals surface area contributed by atoms with Gasteiger partial charge in [-0.1, -0.05) is 18.8 Å². The number of carbonyl (C=O) groups is 1. The van der Waals surface area contributed by atoms with Crippen molar-refractivity contribution in [3.8, 4) is 11.8 Å². The van der Waals surface area contributed by atoms with Crippen LogP contribution in [0.2, 0.25) is 0 Å². The summed E-state index contributed by atoms with van der Waals surface area (Å²) in [5.74, 6) is 6.96. The predicted octanol–water partition coefficient (Wildman–Crippen LogP) is 4.23. The van der Waals surface area contributed by atoms with Crippen LogP contribution in [0.5, 0.6) is 0 Å². The third-order valence-corrected chi connectivity index (χ3v) is 4.58. The van der Waals surface area contributed by atoms with Gasteiger partial charge < -0.3 is 20.7 Å². The molecule has 1 amide bonds. The number of aromatic nitrogens is 3. The topological polar surface area (TPSA) is 101 Å². The van der Waals surface area contributed by atoms with Crippen molar-refractivity contribution in [2.24, 2.45) is 5.92 Å². The fourth-order valence-electron chi connectivity index (χ4n) is 3.03. The maximum atomic E-state index is 13.3. The number of anilines is 3. The summed E-state index contributed by atoms with van der Waals surface area (Å²) in [6, 6.07) is 2.98. The molecule has 0 bridgehead atoms. The summed E-state index contributed by atoms with van der Waals surface area (Å²) in [4.78, 5) is 24.2. The third kappa shape index (κ3) is 7.08. The van der Waals surface area contributed by atoms with Crippen LogP contribution >= 0.6 is 0 Å². The highest BCUT2D eigenvalue weighted by atomic mass is 19.1. The molecule has 3 rings (SSSR count). The Hall–Kier alpha value is -3.41. The number of ether oxygens (including phenoxy) is 1. The number of amides is 1. The van der Waals surface area contributed by atoms with E-state index in [1.807, 2.05) is 20.8 Å². The monoisotopic (exact) mass is 440 g/mol. The number of halogens is 1. The molecule has 0 radical (unpaired) electrons. The van der Waals surface area contributed by atoms with Crippen LogP contribution in [0.25, 0.3) is 0 Å². The smallest absolute Gasteiger partial charge is 0.407 e. The van der Waals surface area contributed by atoms with Gasteiger partial charge in [0.2, 0.25) is 11.9 Å². The van der Waals surface area contributed by atoms with E-state index in [1.165, 1.54) is 12.3 Å². The van der Waals surface area contributed by atoms with E-state index in [0.29, 0.717) is 23.0 Å². The highest BCUT2D eigenvalue weighted by Gasteiger charge is 2.30. The van der Waals surface area contributed by atoms with Gasteiger partial charge in [0.05, 0.1) is 11.8 Å². The second-order valence-electron chi connectivity index (χ2n) is 8.66. The van der Waals surface area contributed by atoms with Gasteiger partial charge in [0.1, 0.15) is 11.4 Å². The SMILES string of the molecule is CCCNc1nc(Nc2ccnc(F)c2)ncc1C#CC1CC(NC(=O)OC(C)(C)C)C1. The van der Waals surface area contributed by atoms with Crippen LogP contribution in [0.15, 0.2) is 24.5 Å². The number of rotatable bonds is 6. The van der Waals surface area contributed by atoms with Gasteiger partial charge in [-0.3, -0.25) is 0 Å². The minimum atomic E-state index is -0.582. The minimum Gasteiger partial charge on any atom is -0.444 e. The van der Waals surface area contributed by atoms with E-state index in [9.17, 15) is 9.18 Å². The van der Waals surface area contributed by atoms with Crippen molar-refractivity contribution in [3.63, 3.8) is 0 Å². The van der Waals surface area contributed by atoms with Gasteiger partial charge in [0.25, 0.3) is 0 Å². The fourth-order valence-corrected chi connectivity index (χ4v) is 3.03. The van der Waals surface area contributed by atoms with Crippen molar-refractivity contribution < 1.29 is 13.9 Å². The highest BCUT2D eigenvalue weighted by molar-refractivity contribution is 5.68. The van der Waals surface area contributed by atoms with Gasteiger partial charge >= 0.3 is 6.09 Å². The maximum Gasteiger partial charge on any atom is 0.407 e. The number of hydrogen-bond donors (Lipinski definition) is 3.